The highest BCUT2D eigenvalue weighted by molar-refractivity contribution is 5.92. The van der Waals surface area contributed by atoms with Crippen molar-refractivity contribution < 1.29 is 14.0 Å². The van der Waals surface area contributed by atoms with E-state index >= 15 is 0 Å². The fraction of sp³-hybridized carbons (Fsp3) is 0.619. The van der Waals surface area contributed by atoms with E-state index in [4.69, 9.17) is 0 Å². The van der Waals surface area contributed by atoms with Crippen LogP contribution < -0.4 is 10.6 Å². The van der Waals surface area contributed by atoms with Crippen LogP contribution in [0, 0.1) is 17.7 Å². The van der Waals surface area contributed by atoms with E-state index in [2.05, 4.69) is 10.6 Å². The van der Waals surface area contributed by atoms with Crippen LogP contribution in [0.15, 0.2) is 24.3 Å². The molecule has 0 aliphatic heterocycles. The van der Waals surface area contributed by atoms with Gasteiger partial charge in [0.05, 0.1) is 5.69 Å². The van der Waals surface area contributed by atoms with Crippen LogP contribution in [0.3, 0.4) is 0 Å². The number of para-hydroxylation sites is 1. The van der Waals surface area contributed by atoms with E-state index in [-0.39, 0.29) is 29.3 Å². The van der Waals surface area contributed by atoms with Gasteiger partial charge in [0.15, 0.2) is 0 Å². The largest absolute Gasteiger partial charge is 0.353 e. The zero-order chi connectivity index (χ0) is 18.4. The summed E-state index contributed by atoms with van der Waals surface area (Å²) in [6.07, 6.45) is 9.96. The molecule has 2 N–H and O–H groups in total. The molecule has 1 aromatic carbocycles. The van der Waals surface area contributed by atoms with Gasteiger partial charge in [-0.3, -0.25) is 9.59 Å². The van der Waals surface area contributed by atoms with Crippen molar-refractivity contribution in [2.24, 2.45) is 11.8 Å². The fourth-order valence-corrected chi connectivity index (χ4v) is 4.16. The first-order valence-corrected chi connectivity index (χ1v) is 9.99. The normalized spacial score (nSPS) is 24.5. The highest BCUT2D eigenvalue weighted by atomic mass is 19.1. The lowest BCUT2D eigenvalue weighted by Crippen LogP contribution is -2.40. The number of halogens is 1. The zero-order valence-corrected chi connectivity index (χ0v) is 15.3. The molecule has 2 aliphatic carbocycles. The van der Waals surface area contributed by atoms with Crippen molar-refractivity contribution in [3.8, 4) is 0 Å². The predicted molar refractivity (Wildman–Crippen MR) is 100 cm³/mol. The van der Waals surface area contributed by atoms with E-state index in [1.807, 2.05) is 0 Å². The molecule has 0 atom stereocenters. The second-order valence-electron chi connectivity index (χ2n) is 7.71. The number of rotatable bonds is 4. The van der Waals surface area contributed by atoms with Crippen molar-refractivity contribution in [2.45, 2.75) is 70.3 Å². The van der Waals surface area contributed by atoms with E-state index in [1.165, 1.54) is 31.7 Å². The van der Waals surface area contributed by atoms with Crippen LogP contribution >= 0.6 is 0 Å². The summed E-state index contributed by atoms with van der Waals surface area (Å²) < 4.78 is 13.7. The minimum atomic E-state index is -0.419. The molecule has 0 unspecified atom stereocenters. The van der Waals surface area contributed by atoms with Crippen molar-refractivity contribution in [1.82, 2.24) is 5.32 Å². The molecule has 3 rings (SSSR count). The maximum atomic E-state index is 13.7. The molecule has 0 heterocycles. The number of anilines is 1. The molecule has 2 amide bonds. The summed E-state index contributed by atoms with van der Waals surface area (Å²) in [5.41, 5.74) is 0.228. The van der Waals surface area contributed by atoms with Crippen LogP contribution in [0.25, 0.3) is 0 Å². The van der Waals surface area contributed by atoms with Gasteiger partial charge in [0.25, 0.3) is 0 Å². The standard InChI is InChI=1S/C21H29FN2O2/c22-18-9-5-6-10-19(18)24-21(26)16-13-11-15(12-14-16)20(25)23-17-7-3-1-2-4-8-17/h5-6,9-10,15-17H,1-4,7-8,11-14H2,(H,23,25)(H,24,26). The van der Waals surface area contributed by atoms with Gasteiger partial charge in [-0.25, -0.2) is 4.39 Å². The lowest BCUT2D eigenvalue weighted by molar-refractivity contribution is -0.129. The van der Waals surface area contributed by atoms with Crippen LogP contribution in [0.1, 0.15) is 64.2 Å². The van der Waals surface area contributed by atoms with Crippen LogP contribution in [-0.2, 0) is 9.59 Å². The van der Waals surface area contributed by atoms with Gasteiger partial charge >= 0.3 is 0 Å². The molecule has 26 heavy (non-hydrogen) atoms. The number of amides is 2. The SMILES string of the molecule is O=C(Nc1ccccc1F)C1CCC(C(=O)NC2CCCCCC2)CC1. The highest BCUT2D eigenvalue weighted by Gasteiger charge is 2.31. The average molecular weight is 360 g/mol. The first-order valence-electron chi connectivity index (χ1n) is 9.99. The number of hydrogen-bond acceptors (Lipinski definition) is 2. The average Bonchev–Trinajstić information content (AvgIpc) is 2.92. The van der Waals surface area contributed by atoms with Gasteiger partial charge in [0.1, 0.15) is 5.82 Å². The number of carbonyl (C=O) groups excluding carboxylic acids is 2. The maximum Gasteiger partial charge on any atom is 0.227 e. The molecule has 0 bridgehead atoms. The Morgan fingerprint density at radius 2 is 1.38 bits per heavy atom. The maximum absolute atomic E-state index is 13.7. The third-order valence-electron chi connectivity index (χ3n) is 5.80. The Hall–Kier alpha value is -1.91. The minimum Gasteiger partial charge on any atom is -0.353 e. The third-order valence-corrected chi connectivity index (χ3v) is 5.80. The van der Waals surface area contributed by atoms with E-state index in [9.17, 15) is 14.0 Å². The minimum absolute atomic E-state index is 0.00997. The topological polar surface area (TPSA) is 58.2 Å². The fourth-order valence-electron chi connectivity index (χ4n) is 4.16. The summed E-state index contributed by atoms with van der Waals surface area (Å²) >= 11 is 0. The van der Waals surface area contributed by atoms with Crippen molar-refractivity contribution in [2.75, 3.05) is 5.32 Å². The molecule has 0 aromatic heterocycles. The molecule has 0 saturated heterocycles. The molecule has 2 aliphatic rings. The Balaban J connectivity index is 1.45. The van der Waals surface area contributed by atoms with E-state index in [1.54, 1.807) is 18.2 Å². The summed E-state index contributed by atoms with van der Waals surface area (Å²) in [7, 11) is 0. The summed E-state index contributed by atoms with van der Waals surface area (Å²) in [4.78, 5) is 24.9. The van der Waals surface area contributed by atoms with Gasteiger partial charge in [-0.05, 0) is 50.7 Å². The smallest absolute Gasteiger partial charge is 0.227 e. The third kappa shape index (κ3) is 5.05. The van der Waals surface area contributed by atoms with Gasteiger partial charge in [-0.15, -0.1) is 0 Å². The van der Waals surface area contributed by atoms with Gasteiger partial charge in [-0.2, -0.15) is 0 Å². The molecule has 2 saturated carbocycles. The lowest BCUT2D eigenvalue weighted by Gasteiger charge is -2.28. The monoisotopic (exact) mass is 360 g/mol. The van der Waals surface area contributed by atoms with Crippen molar-refractivity contribution in [1.29, 1.82) is 0 Å². The van der Waals surface area contributed by atoms with E-state index in [0.717, 1.165) is 25.7 Å². The Morgan fingerprint density at radius 3 is 2.00 bits per heavy atom. The quantitative estimate of drug-likeness (QED) is 0.782. The van der Waals surface area contributed by atoms with Crippen LogP contribution in [-0.4, -0.2) is 17.9 Å². The summed E-state index contributed by atoms with van der Waals surface area (Å²) in [5, 5.41) is 5.91. The van der Waals surface area contributed by atoms with Crippen molar-refractivity contribution in [3.05, 3.63) is 30.1 Å². The zero-order valence-electron chi connectivity index (χ0n) is 15.3. The first kappa shape index (κ1) is 18.9. The Bertz CT molecular complexity index is 618. The van der Waals surface area contributed by atoms with Gasteiger partial charge in [-0.1, -0.05) is 37.8 Å². The summed E-state index contributed by atoms with van der Waals surface area (Å²) in [5.74, 6) is -0.535. The molecule has 142 valence electrons. The number of hydrogen-bond donors (Lipinski definition) is 2. The Morgan fingerprint density at radius 1 is 0.808 bits per heavy atom. The Labute approximate surface area is 154 Å². The van der Waals surface area contributed by atoms with Gasteiger partial charge in [0.2, 0.25) is 11.8 Å². The van der Waals surface area contributed by atoms with E-state index < -0.39 is 5.82 Å². The molecule has 0 radical (unpaired) electrons. The van der Waals surface area contributed by atoms with Crippen LogP contribution in [0.4, 0.5) is 10.1 Å². The molecule has 0 spiro atoms. The molecule has 5 heteroatoms. The predicted octanol–water partition coefficient (Wildman–Crippen LogP) is 4.41. The number of carbonyl (C=O) groups is 2. The molecule has 1 aromatic rings. The summed E-state index contributed by atoms with van der Waals surface area (Å²) in [6.45, 7) is 0. The molecular formula is C21H29FN2O2. The van der Waals surface area contributed by atoms with Crippen LogP contribution in [0.5, 0.6) is 0 Å². The lowest BCUT2D eigenvalue weighted by atomic mass is 9.81. The second-order valence-corrected chi connectivity index (χ2v) is 7.71. The van der Waals surface area contributed by atoms with Gasteiger partial charge < -0.3 is 10.6 Å². The summed E-state index contributed by atoms with van der Waals surface area (Å²) in [6, 6.07) is 6.53. The molecule has 2 fully saturated rings. The van der Waals surface area contributed by atoms with Gasteiger partial charge in [0, 0.05) is 17.9 Å². The Kier molecular flexibility index (Phi) is 6.64. The van der Waals surface area contributed by atoms with E-state index in [0.29, 0.717) is 18.9 Å². The van der Waals surface area contributed by atoms with Crippen LogP contribution in [0.2, 0.25) is 0 Å². The second kappa shape index (κ2) is 9.15. The highest BCUT2D eigenvalue weighted by Crippen LogP contribution is 2.30. The first-order chi connectivity index (χ1) is 12.6. The van der Waals surface area contributed by atoms with Crippen molar-refractivity contribution in [3.63, 3.8) is 0 Å². The van der Waals surface area contributed by atoms with Crippen molar-refractivity contribution >= 4 is 17.5 Å². The molecule has 4 nitrogen and oxygen atoms in total. The number of benzene rings is 1. The number of nitrogens with one attached hydrogen (secondary N) is 2. The molecular weight excluding hydrogens is 331 g/mol.